The van der Waals surface area contributed by atoms with Crippen LogP contribution >= 0.6 is 0 Å². The van der Waals surface area contributed by atoms with Gasteiger partial charge in [-0.05, 0) is 149 Å². The largest absolute Gasteiger partial charge is 0.508 e. The van der Waals surface area contributed by atoms with Crippen LogP contribution < -0.4 is 0 Å². The zero-order valence-electron chi connectivity index (χ0n) is 31.2. The molecular weight excluding hydrogens is 628 g/mol. The van der Waals surface area contributed by atoms with Crippen molar-refractivity contribution in [2.45, 2.75) is 144 Å². The third kappa shape index (κ3) is 4.75. The Morgan fingerprint density at radius 1 is 0.580 bits per heavy atom. The fourth-order valence-corrected chi connectivity index (χ4v) is 15.1. The van der Waals surface area contributed by atoms with Gasteiger partial charge in [0, 0.05) is 35.5 Å². The van der Waals surface area contributed by atoms with Gasteiger partial charge in [0.15, 0.2) is 11.6 Å². The van der Waals surface area contributed by atoms with Crippen molar-refractivity contribution < 1.29 is 33.4 Å². The van der Waals surface area contributed by atoms with E-state index in [9.17, 15) is 24.0 Å². The van der Waals surface area contributed by atoms with Gasteiger partial charge in [-0.15, -0.1) is 0 Å². The van der Waals surface area contributed by atoms with Crippen LogP contribution in [0.5, 0.6) is 0 Å². The monoisotopic (exact) mass is 686 g/mol. The van der Waals surface area contributed by atoms with Crippen LogP contribution in [0.4, 0.5) is 4.79 Å². The Labute approximate surface area is 298 Å². The molecule has 7 nitrogen and oxygen atoms in total. The van der Waals surface area contributed by atoms with E-state index in [0.717, 1.165) is 88.2 Å². The summed E-state index contributed by atoms with van der Waals surface area (Å²) in [5, 5.41) is 0. The van der Waals surface area contributed by atoms with Crippen LogP contribution in [0.25, 0.3) is 0 Å². The van der Waals surface area contributed by atoms with Crippen LogP contribution in [-0.2, 0) is 28.7 Å². The third-order valence-electron chi connectivity index (χ3n) is 17.5. The minimum atomic E-state index is -0.758. The second kappa shape index (κ2) is 11.7. The summed E-state index contributed by atoms with van der Waals surface area (Å²) in [6.07, 6.45) is 13.5. The van der Waals surface area contributed by atoms with Crippen LogP contribution in [0.3, 0.4) is 0 Å². The molecule has 14 atom stereocenters. The van der Waals surface area contributed by atoms with E-state index in [-0.39, 0.29) is 58.9 Å². The molecular formula is C43H58O7. The molecule has 0 radical (unpaired) electrons. The molecule has 0 aromatic rings. The van der Waals surface area contributed by atoms with Crippen molar-refractivity contribution >= 4 is 29.3 Å². The number of hydrogen-bond donors (Lipinski definition) is 0. The molecule has 0 spiro atoms. The molecule has 0 heterocycles. The summed E-state index contributed by atoms with van der Waals surface area (Å²) in [6, 6.07) is 0. The van der Waals surface area contributed by atoms with E-state index in [0.29, 0.717) is 35.2 Å². The molecule has 0 aromatic heterocycles. The summed E-state index contributed by atoms with van der Waals surface area (Å²) in [7, 11) is 0. The van der Waals surface area contributed by atoms with Gasteiger partial charge in [-0.1, -0.05) is 38.8 Å². The second-order valence-corrected chi connectivity index (χ2v) is 19.1. The van der Waals surface area contributed by atoms with Crippen LogP contribution in [0.1, 0.15) is 131 Å². The molecule has 0 amide bonds. The van der Waals surface area contributed by atoms with E-state index in [2.05, 4.69) is 27.7 Å². The maximum Gasteiger partial charge on any atom is 0.508 e. The Hall–Kier alpha value is -2.57. The van der Waals surface area contributed by atoms with Crippen LogP contribution in [-0.4, -0.2) is 41.5 Å². The van der Waals surface area contributed by atoms with Crippen molar-refractivity contribution in [1.29, 1.82) is 0 Å². The average Bonchev–Trinajstić information content (AvgIpc) is 3.59. The first-order valence-corrected chi connectivity index (χ1v) is 20.0. The van der Waals surface area contributed by atoms with E-state index in [1.165, 1.54) is 0 Å². The Morgan fingerprint density at radius 2 is 0.980 bits per heavy atom. The highest BCUT2D eigenvalue weighted by Gasteiger charge is 2.64. The highest BCUT2D eigenvalue weighted by Crippen LogP contribution is 2.69. The predicted octanol–water partition coefficient (Wildman–Crippen LogP) is 8.57. The fourth-order valence-electron chi connectivity index (χ4n) is 15.1. The number of carbonyl (C=O) groups is 5. The van der Waals surface area contributed by atoms with Crippen molar-refractivity contribution in [3.63, 3.8) is 0 Å². The number of rotatable bonds is 4. The molecule has 272 valence electrons. The van der Waals surface area contributed by atoms with Crippen LogP contribution in [0.2, 0.25) is 0 Å². The van der Waals surface area contributed by atoms with Gasteiger partial charge in [0.2, 0.25) is 0 Å². The lowest BCUT2D eigenvalue weighted by atomic mass is 9.46. The molecule has 0 aromatic carbocycles. The Balaban J connectivity index is 1.04. The fraction of sp³-hybridized carbons (Fsp3) is 0.791. The lowest BCUT2D eigenvalue weighted by Crippen LogP contribution is -2.57. The van der Waals surface area contributed by atoms with Gasteiger partial charge in [-0.3, -0.25) is 19.2 Å². The summed E-state index contributed by atoms with van der Waals surface area (Å²) in [4.78, 5) is 65.7. The average molecular weight is 687 g/mol. The number of ether oxygens (including phenoxy) is 2. The molecule has 0 aliphatic heterocycles. The zero-order valence-corrected chi connectivity index (χ0v) is 31.2. The van der Waals surface area contributed by atoms with E-state index < -0.39 is 29.2 Å². The first-order valence-electron chi connectivity index (χ1n) is 20.0. The quantitative estimate of drug-likeness (QED) is 0.273. The highest BCUT2D eigenvalue weighted by atomic mass is 16.7. The second-order valence-electron chi connectivity index (χ2n) is 19.1. The number of Topliss-reactive ketones (excluding diaryl/α,β-unsaturated/α-hetero) is 2. The maximum absolute atomic E-state index is 14.1. The highest BCUT2D eigenvalue weighted by molar-refractivity contribution is 5.93. The predicted molar refractivity (Wildman–Crippen MR) is 188 cm³/mol. The van der Waals surface area contributed by atoms with Crippen molar-refractivity contribution in [2.75, 3.05) is 0 Å². The first-order chi connectivity index (χ1) is 23.6. The van der Waals surface area contributed by atoms with Crippen molar-refractivity contribution in [2.24, 2.45) is 69.0 Å². The molecule has 6 saturated carbocycles. The topological polar surface area (TPSA) is 104 Å². The standard InChI is InChI=1S/C43H58O7/c1-23(44)31-11-13-33-29-9-7-25-19-27(46)21-37(42(25,5)35(29)15-17-40(31,33)3)49-39(48)50-38-22-28(47)20-26-8-10-30-34-14-12-32(24(2)45)41(34,4)18-16-36(30)43(26,38)6/h19-20,29-38H,7-18,21-22H2,1-6H3/t29-,30-,31+,32+,33-,34-,35-,36-,37?,38?,40+,41+,42-,43-/m0/s1. The van der Waals surface area contributed by atoms with Gasteiger partial charge < -0.3 is 9.47 Å². The number of ketones is 4. The zero-order chi connectivity index (χ0) is 35.5. The third-order valence-corrected chi connectivity index (χ3v) is 17.5. The summed E-state index contributed by atoms with van der Waals surface area (Å²) >= 11 is 0. The van der Waals surface area contributed by atoms with Crippen LogP contribution in [0, 0.1) is 69.0 Å². The van der Waals surface area contributed by atoms with Gasteiger partial charge in [-0.2, -0.15) is 0 Å². The Bertz CT molecular complexity index is 1470. The number of hydrogen-bond acceptors (Lipinski definition) is 7. The molecule has 0 saturated heterocycles. The molecule has 8 rings (SSSR count). The molecule has 8 aliphatic rings. The maximum atomic E-state index is 14.1. The Morgan fingerprint density at radius 3 is 1.36 bits per heavy atom. The van der Waals surface area contributed by atoms with Crippen LogP contribution in [0.15, 0.2) is 23.3 Å². The van der Waals surface area contributed by atoms with E-state index in [4.69, 9.17) is 9.47 Å². The van der Waals surface area contributed by atoms with Gasteiger partial charge in [0.25, 0.3) is 0 Å². The molecule has 6 fully saturated rings. The molecule has 7 heteroatoms. The SMILES string of the molecule is CC(=O)[C@H]1CC[C@H]2[C@@H]3CCC4=CC(=O)CC(OC(=O)OC5CC(=O)C=C6CC[C@H]7[C@@H]8CC[C@H](C(C)=O)[C@@]8(C)CC[C@@H]7[C@]65C)[C@]4(C)[C@H]3CC[C@]12C. The Kier molecular flexibility index (Phi) is 8.09. The smallest absolute Gasteiger partial charge is 0.430 e. The number of carbonyl (C=O) groups excluding carboxylic acids is 5. The van der Waals surface area contributed by atoms with Gasteiger partial charge in [-0.25, -0.2) is 4.79 Å². The lowest BCUT2D eigenvalue weighted by Gasteiger charge is -2.59. The molecule has 2 unspecified atom stereocenters. The van der Waals surface area contributed by atoms with Crippen molar-refractivity contribution in [1.82, 2.24) is 0 Å². The van der Waals surface area contributed by atoms with Gasteiger partial charge >= 0.3 is 6.16 Å². The van der Waals surface area contributed by atoms with Crippen molar-refractivity contribution in [3.05, 3.63) is 23.3 Å². The molecule has 0 N–H and O–H groups in total. The van der Waals surface area contributed by atoms with Crippen molar-refractivity contribution in [3.8, 4) is 0 Å². The summed E-state index contributed by atoms with van der Waals surface area (Å²) in [6.45, 7) is 12.6. The van der Waals surface area contributed by atoms with Gasteiger partial charge in [0.05, 0.1) is 0 Å². The summed E-state index contributed by atoms with van der Waals surface area (Å²) < 4.78 is 12.7. The normalized spacial score (nSPS) is 49.2. The van der Waals surface area contributed by atoms with E-state index >= 15 is 0 Å². The summed E-state index contributed by atoms with van der Waals surface area (Å²) in [5.41, 5.74) is 1.29. The molecule has 0 bridgehead atoms. The van der Waals surface area contributed by atoms with E-state index in [1.54, 1.807) is 13.8 Å². The first kappa shape index (κ1) is 34.5. The molecule has 8 aliphatic carbocycles. The van der Waals surface area contributed by atoms with E-state index in [1.807, 2.05) is 12.2 Å². The molecule has 50 heavy (non-hydrogen) atoms. The lowest BCUT2D eigenvalue weighted by molar-refractivity contribution is -0.146. The minimum absolute atomic E-state index is 0.00212. The minimum Gasteiger partial charge on any atom is -0.430 e. The van der Waals surface area contributed by atoms with Gasteiger partial charge in [0.1, 0.15) is 23.8 Å². The number of fused-ring (bicyclic) bond motifs is 10. The summed E-state index contributed by atoms with van der Waals surface area (Å²) in [5.74, 6) is 3.15.